The minimum atomic E-state index is 0.748. The zero-order chi connectivity index (χ0) is 13.8. The lowest BCUT2D eigenvalue weighted by Gasteiger charge is -2.08. The van der Waals surface area contributed by atoms with Gasteiger partial charge in [-0.05, 0) is 47.7 Å². The molecule has 0 aliphatic carbocycles. The fourth-order valence-electron chi connectivity index (χ4n) is 2.00. The number of aryl methyl sites for hydroxylation is 1. The first-order valence-electron chi connectivity index (χ1n) is 6.45. The van der Waals surface area contributed by atoms with Gasteiger partial charge in [0.2, 0.25) is 0 Å². The van der Waals surface area contributed by atoms with Gasteiger partial charge in [-0.3, -0.25) is 4.68 Å². The minimum Gasteiger partial charge on any atom is -0.379 e. The van der Waals surface area contributed by atoms with Crippen LogP contribution >= 0.6 is 0 Å². The Morgan fingerprint density at radius 2 is 2.00 bits per heavy atom. The molecule has 0 unspecified atom stereocenters. The van der Waals surface area contributed by atoms with Gasteiger partial charge >= 0.3 is 0 Å². The van der Waals surface area contributed by atoms with Crippen LogP contribution in [-0.2, 0) is 13.1 Å². The predicted octanol–water partition coefficient (Wildman–Crippen LogP) is 1.49. The monoisotopic (exact) mass is 269 g/mol. The zero-order valence-corrected chi connectivity index (χ0v) is 11.1. The van der Waals surface area contributed by atoms with E-state index in [1.54, 1.807) is 11.0 Å². The summed E-state index contributed by atoms with van der Waals surface area (Å²) in [5, 5.41) is 18.7. The van der Waals surface area contributed by atoms with Crippen LogP contribution in [0.4, 0.5) is 5.69 Å². The van der Waals surface area contributed by atoms with Crippen molar-refractivity contribution in [1.29, 1.82) is 0 Å². The molecule has 0 atom stereocenters. The largest absolute Gasteiger partial charge is 0.379 e. The molecule has 1 aromatic carbocycles. The zero-order valence-electron chi connectivity index (χ0n) is 11.1. The second-order valence-corrected chi connectivity index (χ2v) is 4.29. The predicted molar refractivity (Wildman–Crippen MR) is 74.4 cm³/mol. The average molecular weight is 269 g/mol. The average Bonchev–Trinajstić information content (AvgIpc) is 3.16. The van der Waals surface area contributed by atoms with E-state index in [1.807, 2.05) is 41.2 Å². The number of hydrogen-bond acceptors (Lipinski definition) is 5. The quantitative estimate of drug-likeness (QED) is 0.759. The van der Waals surface area contributed by atoms with E-state index in [2.05, 4.69) is 32.9 Å². The SMILES string of the molecule is CCn1nccc1CNc1ccc(-n2cnnn2)cc1. The molecule has 1 N–H and O–H groups in total. The first kappa shape index (κ1) is 12.3. The molecule has 0 amide bonds. The van der Waals surface area contributed by atoms with Gasteiger partial charge in [0.25, 0.3) is 0 Å². The lowest BCUT2D eigenvalue weighted by Crippen LogP contribution is -2.07. The van der Waals surface area contributed by atoms with Crippen molar-refractivity contribution in [3.05, 3.63) is 48.5 Å². The highest BCUT2D eigenvalue weighted by Crippen LogP contribution is 2.13. The van der Waals surface area contributed by atoms with Gasteiger partial charge in [-0.1, -0.05) is 0 Å². The molecule has 102 valence electrons. The third kappa shape index (κ3) is 2.51. The number of aromatic nitrogens is 6. The molecule has 3 aromatic rings. The summed E-state index contributed by atoms with van der Waals surface area (Å²) >= 11 is 0. The summed E-state index contributed by atoms with van der Waals surface area (Å²) in [5.74, 6) is 0. The molecule has 7 heteroatoms. The van der Waals surface area contributed by atoms with Crippen molar-refractivity contribution in [2.75, 3.05) is 5.32 Å². The van der Waals surface area contributed by atoms with Crippen LogP contribution < -0.4 is 5.32 Å². The van der Waals surface area contributed by atoms with Gasteiger partial charge < -0.3 is 5.32 Å². The number of benzene rings is 1. The first-order valence-corrected chi connectivity index (χ1v) is 6.45. The summed E-state index contributed by atoms with van der Waals surface area (Å²) in [6, 6.07) is 9.96. The highest BCUT2D eigenvalue weighted by atomic mass is 15.5. The van der Waals surface area contributed by atoms with Crippen molar-refractivity contribution in [3.63, 3.8) is 0 Å². The van der Waals surface area contributed by atoms with Crippen LogP contribution in [-0.4, -0.2) is 30.0 Å². The molecule has 0 aliphatic heterocycles. The van der Waals surface area contributed by atoms with Crippen molar-refractivity contribution in [1.82, 2.24) is 30.0 Å². The molecule has 0 fully saturated rings. The molecule has 0 spiro atoms. The van der Waals surface area contributed by atoms with Crippen LogP contribution in [0.25, 0.3) is 5.69 Å². The van der Waals surface area contributed by atoms with Gasteiger partial charge in [0, 0.05) is 18.4 Å². The Balaban J connectivity index is 1.67. The standard InChI is InChI=1S/C13H15N7/c1-2-19-13(7-8-16-19)9-14-11-3-5-12(6-4-11)20-10-15-17-18-20/h3-8,10,14H,2,9H2,1H3. The lowest BCUT2D eigenvalue weighted by atomic mass is 10.2. The molecule has 0 saturated carbocycles. The van der Waals surface area contributed by atoms with Crippen molar-refractivity contribution in [2.24, 2.45) is 0 Å². The van der Waals surface area contributed by atoms with E-state index in [-0.39, 0.29) is 0 Å². The fraction of sp³-hybridized carbons (Fsp3) is 0.231. The molecule has 2 aromatic heterocycles. The number of nitrogens with zero attached hydrogens (tertiary/aromatic N) is 6. The van der Waals surface area contributed by atoms with Crippen molar-refractivity contribution >= 4 is 5.69 Å². The number of tetrazole rings is 1. The molecule has 20 heavy (non-hydrogen) atoms. The number of hydrogen-bond donors (Lipinski definition) is 1. The van der Waals surface area contributed by atoms with Crippen molar-refractivity contribution in [3.8, 4) is 5.69 Å². The fourth-order valence-corrected chi connectivity index (χ4v) is 2.00. The normalized spacial score (nSPS) is 10.7. The van der Waals surface area contributed by atoms with Gasteiger partial charge in [-0.15, -0.1) is 5.10 Å². The lowest BCUT2D eigenvalue weighted by molar-refractivity contribution is 0.627. The van der Waals surface area contributed by atoms with E-state index in [4.69, 9.17) is 0 Å². The summed E-state index contributed by atoms with van der Waals surface area (Å²) in [6.07, 6.45) is 3.39. The maximum atomic E-state index is 4.25. The maximum absolute atomic E-state index is 4.25. The molecule has 3 rings (SSSR count). The molecule has 7 nitrogen and oxygen atoms in total. The first-order chi connectivity index (χ1) is 9.86. The van der Waals surface area contributed by atoms with Gasteiger partial charge in [0.15, 0.2) is 0 Å². The van der Waals surface area contributed by atoms with E-state index in [0.717, 1.165) is 30.2 Å². The van der Waals surface area contributed by atoms with E-state index in [1.165, 1.54) is 0 Å². The summed E-state index contributed by atoms with van der Waals surface area (Å²) in [6.45, 7) is 3.71. The third-order valence-electron chi connectivity index (χ3n) is 3.06. The Morgan fingerprint density at radius 1 is 1.15 bits per heavy atom. The van der Waals surface area contributed by atoms with Crippen LogP contribution in [0.2, 0.25) is 0 Å². The van der Waals surface area contributed by atoms with Crippen LogP contribution in [0.1, 0.15) is 12.6 Å². The second kappa shape index (κ2) is 5.52. The molecule has 0 aliphatic rings. The van der Waals surface area contributed by atoms with Crippen molar-refractivity contribution < 1.29 is 0 Å². The molecule has 0 saturated heterocycles. The van der Waals surface area contributed by atoms with E-state index < -0.39 is 0 Å². The highest BCUT2D eigenvalue weighted by Gasteiger charge is 2.01. The van der Waals surface area contributed by atoms with Crippen molar-refractivity contribution in [2.45, 2.75) is 20.0 Å². The Labute approximate surface area is 116 Å². The minimum absolute atomic E-state index is 0.748. The smallest absolute Gasteiger partial charge is 0.143 e. The number of nitrogens with one attached hydrogen (secondary N) is 1. The second-order valence-electron chi connectivity index (χ2n) is 4.29. The van der Waals surface area contributed by atoms with E-state index in [9.17, 15) is 0 Å². The van der Waals surface area contributed by atoms with Gasteiger partial charge in [0.05, 0.1) is 17.9 Å². The molecule has 0 radical (unpaired) electrons. The summed E-state index contributed by atoms with van der Waals surface area (Å²) < 4.78 is 3.60. The van der Waals surface area contributed by atoms with Crippen LogP contribution in [0, 0.1) is 0 Å². The Bertz CT molecular complexity index is 654. The number of rotatable bonds is 5. The third-order valence-corrected chi connectivity index (χ3v) is 3.06. The van der Waals surface area contributed by atoms with Crippen LogP contribution in [0.3, 0.4) is 0 Å². The Kier molecular flexibility index (Phi) is 3.40. The summed E-state index contributed by atoms with van der Waals surface area (Å²) in [4.78, 5) is 0. The maximum Gasteiger partial charge on any atom is 0.143 e. The summed E-state index contributed by atoms with van der Waals surface area (Å²) in [7, 11) is 0. The molecular weight excluding hydrogens is 254 g/mol. The number of anilines is 1. The topological polar surface area (TPSA) is 73.5 Å². The van der Waals surface area contributed by atoms with Gasteiger partial charge in [-0.2, -0.15) is 5.10 Å². The Hall–Kier alpha value is -2.70. The molecule has 2 heterocycles. The van der Waals surface area contributed by atoms with E-state index in [0.29, 0.717) is 0 Å². The van der Waals surface area contributed by atoms with Crippen LogP contribution in [0.5, 0.6) is 0 Å². The van der Waals surface area contributed by atoms with Crippen LogP contribution in [0.15, 0.2) is 42.9 Å². The van der Waals surface area contributed by atoms with E-state index >= 15 is 0 Å². The van der Waals surface area contributed by atoms with Gasteiger partial charge in [-0.25, -0.2) is 4.68 Å². The molecular formula is C13H15N7. The molecule has 0 bridgehead atoms. The van der Waals surface area contributed by atoms with Gasteiger partial charge in [0.1, 0.15) is 6.33 Å². The Morgan fingerprint density at radius 3 is 2.70 bits per heavy atom. The summed E-state index contributed by atoms with van der Waals surface area (Å²) in [5.41, 5.74) is 3.14. The highest BCUT2D eigenvalue weighted by molar-refractivity contribution is 5.48.